The van der Waals surface area contributed by atoms with Gasteiger partial charge in [0.2, 0.25) is 15.9 Å². The molecule has 2 aliphatic heterocycles. The monoisotopic (exact) mass is 559 g/mol. The molecule has 3 atom stereocenters. The molecule has 1 unspecified atom stereocenters. The molecule has 2 aliphatic rings. The van der Waals surface area contributed by atoms with E-state index >= 15 is 0 Å². The number of ether oxygens (including phenoxy) is 1. The molecule has 0 aliphatic carbocycles. The Kier molecular flexibility index (Phi) is 8.06. The van der Waals surface area contributed by atoms with Gasteiger partial charge in [-0.05, 0) is 43.5 Å². The van der Waals surface area contributed by atoms with Gasteiger partial charge in [0.25, 0.3) is 0 Å². The molecule has 3 aromatic rings. The van der Waals surface area contributed by atoms with Crippen molar-refractivity contribution in [3.05, 3.63) is 59.4 Å². The zero-order valence-electron chi connectivity index (χ0n) is 21.5. The lowest BCUT2D eigenvalue weighted by atomic mass is 9.94. The number of halogens is 1. The summed E-state index contributed by atoms with van der Waals surface area (Å²) in [6.45, 7) is 2.73. The maximum atomic E-state index is 13.7. The van der Waals surface area contributed by atoms with E-state index in [2.05, 4.69) is 10.6 Å². The van der Waals surface area contributed by atoms with E-state index in [9.17, 15) is 13.2 Å². The summed E-state index contributed by atoms with van der Waals surface area (Å²) in [4.78, 5) is 20.5. The summed E-state index contributed by atoms with van der Waals surface area (Å²) in [6.07, 6.45) is 2.65. The number of benzene rings is 2. The number of piperidine rings is 1. The number of carbonyl (C=O) groups excluding carboxylic acids is 1. The molecular formula is C27H34ClN5O4S. The van der Waals surface area contributed by atoms with E-state index in [0.717, 1.165) is 42.7 Å². The third kappa shape index (κ3) is 5.20. The molecule has 0 bridgehead atoms. The maximum absolute atomic E-state index is 13.7. The van der Waals surface area contributed by atoms with E-state index in [1.54, 1.807) is 25.3 Å². The van der Waals surface area contributed by atoms with Gasteiger partial charge in [-0.1, -0.05) is 35.9 Å². The van der Waals surface area contributed by atoms with E-state index in [-0.39, 0.29) is 34.8 Å². The Morgan fingerprint density at radius 3 is 2.68 bits per heavy atom. The SMILES string of the molecule is COCCCn1c(C2CCCN(C(=O)[C@@H]3CN(S(=O)(=O)c4ccccc4Cl)C[C@H]3N)C2)nc2ccccc21. The van der Waals surface area contributed by atoms with Crippen LogP contribution in [0.2, 0.25) is 5.02 Å². The average Bonchev–Trinajstić information content (AvgIpc) is 3.50. The minimum absolute atomic E-state index is 0.0346. The number of aryl methyl sites for hydroxylation is 1. The highest BCUT2D eigenvalue weighted by Crippen LogP contribution is 2.33. The van der Waals surface area contributed by atoms with Crippen LogP contribution in [0.5, 0.6) is 0 Å². The van der Waals surface area contributed by atoms with Crippen LogP contribution in [-0.2, 0) is 26.1 Å². The van der Waals surface area contributed by atoms with Crippen molar-refractivity contribution in [2.75, 3.05) is 39.9 Å². The summed E-state index contributed by atoms with van der Waals surface area (Å²) in [6, 6.07) is 13.9. The molecule has 5 rings (SSSR count). The molecule has 2 N–H and O–H groups in total. The minimum Gasteiger partial charge on any atom is -0.385 e. The number of fused-ring (bicyclic) bond motifs is 1. The van der Waals surface area contributed by atoms with Crippen molar-refractivity contribution in [3.63, 3.8) is 0 Å². The summed E-state index contributed by atoms with van der Waals surface area (Å²) < 4.78 is 35.3. The Morgan fingerprint density at radius 2 is 1.89 bits per heavy atom. The van der Waals surface area contributed by atoms with Gasteiger partial charge in [-0.3, -0.25) is 4.79 Å². The average molecular weight is 560 g/mol. The number of carbonyl (C=O) groups is 1. The van der Waals surface area contributed by atoms with Crippen molar-refractivity contribution >= 4 is 38.6 Å². The fourth-order valence-corrected chi connectivity index (χ4v) is 7.67. The Hall–Kier alpha value is -2.50. The molecule has 1 amide bonds. The van der Waals surface area contributed by atoms with Gasteiger partial charge in [0.1, 0.15) is 10.7 Å². The van der Waals surface area contributed by atoms with Crippen molar-refractivity contribution in [1.82, 2.24) is 18.8 Å². The predicted molar refractivity (Wildman–Crippen MR) is 146 cm³/mol. The number of likely N-dealkylation sites (tertiary alicyclic amines) is 1. The first-order chi connectivity index (χ1) is 18.3. The lowest BCUT2D eigenvalue weighted by Gasteiger charge is -2.35. The Bertz CT molecular complexity index is 1410. The second-order valence-electron chi connectivity index (χ2n) is 10.1. The van der Waals surface area contributed by atoms with Crippen LogP contribution < -0.4 is 5.73 Å². The molecule has 11 heteroatoms. The number of methoxy groups -OCH3 is 1. The zero-order valence-corrected chi connectivity index (χ0v) is 23.1. The first-order valence-electron chi connectivity index (χ1n) is 13.0. The van der Waals surface area contributed by atoms with Gasteiger partial charge in [0, 0.05) is 58.4 Å². The van der Waals surface area contributed by atoms with Gasteiger partial charge in [0.15, 0.2) is 0 Å². The van der Waals surface area contributed by atoms with Gasteiger partial charge in [0.05, 0.1) is 22.0 Å². The third-order valence-electron chi connectivity index (χ3n) is 7.62. The van der Waals surface area contributed by atoms with Gasteiger partial charge in [-0.2, -0.15) is 4.31 Å². The van der Waals surface area contributed by atoms with Crippen molar-refractivity contribution in [2.24, 2.45) is 11.7 Å². The highest BCUT2D eigenvalue weighted by Gasteiger charge is 2.44. The van der Waals surface area contributed by atoms with E-state index in [1.165, 1.54) is 10.4 Å². The van der Waals surface area contributed by atoms with Crippen molar-refractivity contribution < 1.29 is 17.9 Å². The van der Waals surface area contributed by atoms with Crippen LogP contribution >= 0.6 is 11.6 Å². The van der Waals surface area contributed by atoms with Crippen molar-refractivity contribution in [3.8, 4) is 0 Å². The molecule has 38 heavy (non-hydrogen) atoms. The summed E-state index contributed by atoms with van der Waals surface area (Å²) in [5.41, 5.74) is 8.39. The molecule has 2 saturated heterocycles. The number of aromatic nitrogens is 2. The summed E-state index contributed by atoms with van der Waals surface area (Å²) in [5.74, 6) is 0.370. The van der Waals surface area contributed by atoms with Crippen LogP contribution in [0.15, 0.2) is 53.4 Å². The fraction of sp³-hybridized carbons (Fsp3) is 0.481. The number of sulfonamides is 1. The van der Waals surface area contributed by atoms with Crippen molar-refractivity contribution in [1.29, 1.82) is 0 Å². The number of hydrogen-bond donors (Lipinski definition) is 1. The molecule has 0 saturated carbocycles. The smallest absolute Gasteiger partial charge is 0.244 e. The van der Waals surface area contributed by atoms with Gasteiger partial charge in [-0.25, -0.2) is 13.4 Å². The highest BCUT2D eigenvalue weighted by atomic mass is 35.5. The molecule has 1 aromatic heterocycles. The molecule has 3 heterocycles. The van der Waals surface area contributed by atoms with Gasteiger partial charge >= 0.3 is 0 Å². The Balaban J connectivity index is 1.33. The van der Waals surface area contributed by atoms with E-state index in [1.807, 2.05) is 23.1 Å². The molecule has 0 spiro atoms. The molecule has 2 fully saturated rings. The number of nitrogens with zero attached hydrogens (tertiary/aromatic N) is 4. The number of para-hydroxylation sites is 2. The zero-order chi connectivity index (χ0) is 26.9. The fourth-order valence-electron chi connectivity index (χ4n) is 5.67. The van der Waals surface area contributed by atoms with Crippen LogP contribution in [0.4, 0.5) is 0 Å². The van der Waals surface area contributed by atoms with Gasteiger partial charge < -0.3 is 19.9 Å². The second kappa shape index (κ2) is 11.3. The summed E-state index contributed by atoms with van der Waals surface area (Å²) in [7, 11) is -2.16. The molecule has 2 aromatic carbocycles. The summed E-state index contributed by atoms with van der Waals surface area (Å²) in [5, 5.41) is 0.156. The number of amides is 1. The maximum Gasteiger partial charge on any atom is 0.244 e. The highest BCUT2D eigenvalue weighted by molar-refractivity contribution is 7.89. The summed E-state index contributed by atoms with van der Waals surface area (Å²) >= 11 is 6.17. The quantitative estimate of drug-likeness (QED) is 0.425. The molecule has 9 nitrogen and oxygen atoms in total. The van der Waals surface area contributed by atoms with E-state index < -0.39 is 22.0 Å². The van der Waals surface area contributed by atoms with E-state index in [0.29, 0.717) is 19.7 Å². The number of nitrogens with two attached hydrogens (primary N) is 1. The largest absolute Gasteiger partial charge is 0.385 e. The minimum atomic E-state index is -3.86. The molecular weight excluding hydrogens is 526 g/mol. The van der Waals surface area contributed by atoms with Crippen LogP contribution in [0.25, 0.3) is 11.0 Å². The van der Waals surface area contributed by atoms with E-state index in [4.69, 9.17) is 27.1 Å². The predicted octanol–water partition coefficient (Wildman–Crippen LogP) is 3.08. The first-order valence-corrected chi connectivity index (χ1v) is 14.9. The molecule has 0 radical (unpaired) electrons. The topological polar surface area (TPSA) is 111 Å². The van der Waals surface area contributed by atoms with Gasteiger partial charge in [-0.15, -0.1) is 0 Å². The normalized spacial score (nSPS) is 22.8. The lowest BCUT2D eigenvalue weighted by Crippen LogP contribution is -2.47. The number of hydrogen-bond acceptors (Lipinski definition) is 6. The number of rotatable bonds is 8. The standard InChI is InChI=1S/C27H34ClN5O4S/c1-37-15-7-14-33-24-11-4-3-10-23(24)30-26(33)19-8-6-13-31(16-19)27(34)20-17-32(18-22(20)29)38(35,36)25-12-5-2-9-21(25)28/h2-5,9-12,19-20,22H,6-8,13-18,29H2,1H3/t19?,20-,22-/m1/s1. The third-order valence-corrected chi connectivity index (χ3v) is 9.95. The van der Waals surface area contributed by atoms with Crippen LogP contribution in [0.3, 0.4) is 0 Å². The van der Waals surface area contributed by atoms with Crippen molar-refractivity contribution in [2.45, 2.75) is 42.7 Å². The Morgan fingerprint density at radius 1 is 1.13 bits per heavy atom. The van der Waals surface area contributed by atoms with Crippen LogP contribution in [0.1, 0.15) is 31.0 Å². The lowest BCUT2D eigenvalue weighted by molar-refractivity contribution is -0.136. The molecule has 204 valence electrons. The second-order valence-corrected chi connectivity index (χ2v) is 12.4. The van der Waals surface area contributed by atoms with Crippen LogP contribution in [-0.4, -0.2) is 79.0 Å². The Labute approximate surface area is 228 Å². The first kappa shape index (κ1) is 27.1. The number of imidazole rings is 1. The van der Waals surface area contributed by atoms with Crippen LogP contribution in [0, 0.1) is 5.92 Å².